The van der Waals surface area contributed by atoms with Gasteiger partial charge in [0.25, 0.3) is 5.69 Å². The molecule has 0 saturated carbocycles. The first-order chi connectivity index (χ1) is 15.9. The number of fused-ring (bicyclic) bond motifs is 1. The molecule has 33 heavy (non-hydrogen) atoms. The van der Waals surface area contributed by atoms with Gasteiger partial charge < -0.3 is 18.9 Å². The minimum Gasteiger partial charge on any atom is -0.497 e. The van der Waals surface area contributed by atoms with Gasteiger partial charge >= 0.3 is 5.97 Å². The third-order valence-electron chi connectivity index (χ3n) is 4.87. The molecule has 0 N–H and O–H groups in total. The predicted molar refractivity (Wildman–Crippen MR) is 117 cm³/mol. The molecule has 3 aromatic rings. The summed E-state index contributed by atoms with van der Waals surface area (Å²) in [7, 11) is 3.04. The molecule has 9 heteroatoms. The van der Waals surface area contributed by atoms with Crippen LogP contribution in [0.5, 0.6) is 23.0 Å². The number of Topliss-reactive ketones (excluding diaryl/α,β-unsaturated/α-hetero) is 1. The Bertz CT molecular complexity index is 1310. The van der Waals surface area contributed by atoms with Gasteiger partial charge in [0.05, 0.1) is 30.3 Å². The Hall–Kier alpha value is -4.66. The number of non-ortho nitro benzene ring substituents is 1. The number of nitro groups is 1. The smallest absolute Gasteiger partial charge is 0.343 e. The van der Waals surface area contributed by atoms with Crippen molar-refractivity contribution in [2.45, 2.75) is 0 Å². The molecule has 0 aliphatic carbocycles. The van der Waals surface area contributed by atoms with Crippen molar-refractivity contribution in [3.63, 3.8) is 0 Å². The Kier molecular flexibility index (Phi) is 5.77. The van der Waals surface area contributed by atoms with Gasteiger partial charge in [0, 0.05) is 23.8 Å². The summed E-state index contributed by atoms with van der Waals surface area (Å²) in [5.74, 6) is 0.406. The van der Waals surface area contributed by atoms with Gasteiger partial charge in [0.15, 0.2) is 5.76 Å². The Morgan fingerprint density at radius 2 is 1.79 bits per heavy atom. The Morgan fingerprint density at radius 3 is 2.52 bits per heavy atom. The number of rotatable bonds is 6. The number of benzene rings is 3. The van der Waals surface area contributed by atoms with E-state index in [0.717, 1.165) is 6.07 Å². The summed E-state index contributed by atoms with van der Waals surface area (Å²) in [6.07, 6.45) is 1.54. The van der Waals surface area contributed by atoms with E-state index in [2.05, 4.69) is 0 Å². The molecule has 166 valence electrons. The molecule has 9 nitrogen and oxygen atoms in total. The summed E-state index contributed by atoms with van der Waals surface area (Å²) in [5, 5.41) is 10.9. The lowest BCUT2D eigenvalue weighted by molar-refractivity contribution is -0.384. The SMILES string of the molecule is COc1ccc(OC)c(C=C2Oc3cc(OC(=O)c4cccc([N+](=O)[O-])c4)ccc3C2=O)c1. The zero-order valence-corrected chi connectivity index (χ0v) is 17.6. The van der Waals surface area contributed by atoms with E-state index in [4.69, 9.17) is 18.9 Å². The number of hydrogen-bond donors (Lipinski definition) is 0. The van der Waals surface area contributed by atoms with Crippen molar-refractivity contribution in [2.24, 2.45) is 0 Å². The second-order valence-electron chi connectivity index (χ2n) is 6.90. The summed E-state index contributed by atoms with van der Waals surface area (Å²) in [5.41, 5.74) is 0.686. The maximum absolute atomic E-state index is 12.8. The van der Waals surface area contributed by atoms with Crippen LogP contribution < -0.4 is 18.9 Å². The molecule has 0 radical (unpaired) electrons. The Labute approximate surface area is 187 Å². The first-order valence-electron chi connectivity index (χ1n) is 9.66. The molecule has 0 amide bonds. The number of nitro benzene ring substituents is 1. The molecule has 4 rings (SSSR count). The fourth-order valence-electron chi connectivity index (χ4n) is 3.24. The Morgan fingerprint density at radius 1 is 1.00 bits per heavy atom. The van der Waals surface area contributed by atoms with Gasteiger partial charge in [0.2, 0.25) is 5.78 Å². The molecule has 1 aliphatic rings. The lowest BCUT2D eigenvalue weighted by atomic mass is 10.1. The molecule has 0 fully saturated rings. The number of carbonyl (C=O) groups excluding carboxylic acids is 2. The number of ether oxygens (including phenoxy) is 4. The van der Waals surface area contributed by atoms with Crippen LogP contribution in [-0.4, -0.2) is 30.9 Å². The molecular weight excluding hydrogens is 430 g/mol. The van der Waals surface area contributed by atoms with Crippen LogP contribution in [0.1, 0.15) is 26.3 Å². The average Bonchev–Trinajstić information content (AvgIpc) is 3.13. The molecule has 0 aromatic heterocycles. The molecule has 0 unspecified atom stereocenters. The lowest BCUT2D eigenvalue weighted by Crippen LogP contribution is -2.08. The van der Waals surface area contributed by atoms with Crippen LogP contribution in [0.2, 0.25) is 0 Å². The highest BCUT2D eigenvalue weighted by molar-refractivity contribution is 6.14. The first kappa shape index (κ1) is 21.6. The number of carbonyl (C=O) groups is 2. The van der Waals surface area contributed by atoms with E-state index in [1.807, 2.05) is 0 Å². The monoisotopic (exact) mass is 447 g/mol. The Balaban J connectivity index is 1.57. The van der Waals surface area contributed by atoms with E-state index in [0.29, 0.717) is 22.6 Å². The van der Waals surface area contributed by atoms with Crippen molar-refractivity contribution in [1.82, 2.24) is 0 Å². The van der Waals surface area contributed by atoms with Crippen LogP contribution in [0, 0.1) is 10.1 Å². The summed E-state index contributed by atoms with van der Waals surface area (Å²) < 4.78 is 21.6. The minimum absolute atomic E-state index is 0.0207. The topological polar surface area (TPSA) is 114 Å². The minimum atomic E-state index is -0.778. The van der Waals surface area contributed by atoms with Gasteiger partial charge in [-0.25, -0.2) is 4.79 Å². The molecule has 0 spiro atoms. The third kappa shape index (κ3) is 4.38. The van der Waals surface area contributed by atoms with Gasteiger partial charge in [-0.05, 0) is 42.5 Å². The fourth-order valence-corrected chi connectivity index (χ4v) is 3.24. The van der Waals surface area contributed by atoms with Gasteiger partial charge in [0.1, 0.15) is 23.0 Å². The second kappa shape index (κ2) is 8.83. The van der Waals surface area contributed by atoms with Gasteiger partial charge in [-0.1, -0.05) is 6.07 Å². The van der Waals surface area contributed by atoms with E-state index < -0.39 is 10.9 Å². The van der Waals surface area contributed by atoms with Gasteiger partial charge in [-0.3, -0.25) is 14.9 Å². The zero-order valence-electron chi connectivity index (χ0n) is 17.6. The van der Waals surface area contributed by atoms with Crippen molar-refractivity contribution in [1.29, 1.82) is 0 Å². The predicted octanol–water partition coefficient (Wildman–Crippen LogP) is 4.45. The molecule has 0 bridgehead atoms. The van der Waals surface area contributed by atoms with Gasteiger partial charge in [-0.15, -0.1) is 0 Å². The number of methoxy groups -OCH3 is 2. The van der Waals surface area contributed by atoms with Crippen molar-refractivity contribution in [3.05, 3.63) is 93.2 Å². The highest BCUT2D eigenvalue weighted by Gasteiger charge is 2.28. The lowest BCUT2D eigenvalue weighted by Gasteiger charge is -2.08. The molecule has 3 aromatic carbocycles. The molecule has 1 aliphatic heterocycles. The number of hydrogen-bond acceptors (Lipinski definition) is 8. The summed E-state index contributed by atoms with van der Waals surface area (Å²) >= 11 is 0. The highest BCUT2D eigenvalue weighted by Crippen LogP contribution is 2.36. The van der Waals surface area contributed by atoms with E-state index in [1.165, 1.54) is 50.6 Å². The number of esters is 1. The van der Waals surface area contributed by atoms with E-state index >= 15 is 0 Å². The summed E-state index contributed by atoms with van der Waals surface area (Å²) in [4.78, 5) is 35.5. The van der Waals surface area contributed by atoms with Crippen LogP contribution >= 0.6 is 0 Å². The molecule has 1 heterocycles. The standard InChI is InChI=1S/C24H17NO8/c1-30-17-7-9-20(31-2)15(11-17)12-22-23(26)19-8-6-18(13-21(19)33-22)32-24(27)14-4-3-5-16(10-14)25(28)29/h3-13H,1-2H3. The maximum Gasteiger partial charge on any atom is 0.343 e. The van der Waals surface area contributed by atoms with Crippen molar-refractivity contribution in [3.8, 4) is 23.0 Å². The quantitative estimate of drug-likeness (QED) is 0.179. The van der Waals surface area contributed by atoms with Crippen LogP contribution in [0.4, 0.5) is 5.69 Å². The number of nitrogens with zero attached hydrogens (tertiary/aromatic N) is 1. The third-order valence-corrected chi connectivity index (χ3v) is 4.87. The van der Waals surface area contributed by atoms with E-state index in [9.17, 15) is 19.7 Å². The zero-order chi connectivity index (χ0) is 23.5. The van der Waals surface area contributed by atoms with Crippen LogP contribution in [-0.2, 0) is 0 Å². The molecule has 0 saturated heterocycles. The fraction of sp³-hybridized carbons (Fsp3) is 0.0833. The average molecular weight is 447 g/mol. The van der Waals surface area contributed by atoms with Crippen LogP contribution in [0.3, 0.4) is 0 Å². The van der Waals surface area contributed by atoms with Crippen molar-refractivity contribution in [2.75, 3.05) is 14.2 Å². The van der Waals surface area contributed by atoms with E-state index in [-0.39, 0.29) is 34.3 Å². The van der Waals surface area contributed by atoms with Crippen LogP contribution in [0.25, 0.3) is 6.08 Å². The second-order valence-corrected chi connectivity index (χ2v) is 6.90. The summed E-state index contributed by atoms with van der Waals surface area (Å²) in [6, 6.07) is 14.7. The van der Waals surface area contributed by atoms with Gasteiger partial charge in [-0.2, -0.15) is 0 Å². The largest absolute Gasteiger partial charge is 0.497 e. The van der Waals surface area contributed by atoms with Crippen LogP contribution in [0.15, 0.2) is 66.4 Å². The maximum atomic E-state index is 12.8. The highest BCUT2D eigenvalue weighted by atomic mass is 16.6. The first-order valence-corrected chi connectivity index (χ1v) is 9.66. The van der Waals surface area contributed by atoms with Crippen molar-refractivity contribution < 1.29 is 33.5 Å². The normalized spacial score (nSPS) is 13.3. The number of allylic oxidation sites excluding steroid dienone is 1. The van der Waals surface area contributed by atoms with Crippen molar-refractivity contribution >= 4 is 23.5 Å². The van der Waals surface area contributed by atoms with E-state index in [1.54, 1.807) is 24.3 Å². The summed E-state index contributed by atoms with van der Waals surface area (Å²) in [6.45, 7) is 0. The number of ketones is 1. The molecule has 0 atom stereocenters. The molecular formula is C24H17NO8.